The van der Waals surface area contributed by atoms with E-state index in [4.69, 9.17) is 16.7 Å². The summed E-state index contributed by atoms with van der Waals surface area (Å²) >= 11 is 6.10. The molecule has 1 unspecified atom stereocenters. The average molecular weight is 393 g/mol. The van der Waals surface area contributed by atoms with E-state index in [1.165, 1.54) is 12.1 Å². The third-order valence-corrected chi connectivity index (χ3v) is 5.18. The number of alkyl halides is 3. The van der Waals surface area contributed by atoms with Gasteiger partial charge in [-0.2, -0.15) is 13.2 Å². The predicted octanol–water partition coefficient (Wildman–Crippen LogP) is 4.04. The Hall–Kier alpha value is -1.64. The molecule has 0 bridgehead atoms. The third kappa shape index (κ3) is 3.65. The van der Waals surface area contributed by atoms with E-state index in [0.717, 1.165) is 18.2 Å². The van der Waals surface area contributed by atoms with Crippen molar-refractivity contribution >= 4 is 28.3 Å². The van der Waals surface area contributed by atoms with Crippen LogP contribution in [0.4, 0.5) is 23.2 Å². The summed E-state index contributed by atoms with van der Waals surface area (Å²) in [5, 5.41) is 5.39. The highest BCUT2D eigenvalue weighted by molar-refractivity contribution is 7.82. The van der Waals surface area contributed by atoms with Crippen molar-refractivity contribution < 1.29 is 21.8 Å². The fourth-order valence-corrected chi connectivity index (χ4v) is 3.63. The van der Waals surface area contributed by atoms with E-state index in [-0.39, 0.29) is 16.5 Å². The van der Waals surface area contributed by atoms with Crippen molar-refractivity contribution in [2.24, 2.45) is 5.14 Å². The molecule has 9 heteroatoms. The molecule has 0 aliphatic carbocycles. The van der Waals surface area contributed by atoms with Crippen LogP contribution < -0.4 is 10.0 Å². The van der Waals surface area contributed by atoms with E-state index >= 15 is 0 Å². The van der Waals surface area contributed by atoms with Gasteiger partial charge in [0.1, 0.15) is 16.8 Å². The van der Waals surface area contributed by atoms with Gasteiger partial charge in [0.2, 0.25) is 0 Å². The van der Waals surface area contributed by atoms with Gasteiger partial charge in [0.25, 0.3) is 0 Å². The minimum absolute atomic E-state index is 0.189. The molecule has 2 aromatic rings. The van der Waals surface area contributed by atoms with Crippen molar-refractivity contribution in [3.8, 4) is 0 Å². The maximum absolute atomic E-state index is 14.0. The van der Waals surface area contributed by atoms with Crippen LogP contribution in [0, 0.1) is 5.82 Å². The summed E-state index contributed by atoms with van der Waals surface area (Å²) in [5.41, 5.74) is 1.01. The molecular weight excluding hydrogens is 380 g/mol. The lowest BCUT2D eigenvalue weighted by Gasteiger charge is -2.21. The molecule has 0 saturated carbocycles. The largest absolute Gasteiger partial charge is 0.416 e. The van der Waals surface area contributed by atoms with Gasteiger partial charge in [-0.05, 0) is 47.9 Å². The topological polar surface area (TPSA) is 46.3 Å². The van der Waals surface area contributed by atoms with Crippen molar-refractivity contribution in [3.63, 3.8) is 0 Å². The number of benzene rings is 2. The van der Waals surface area contributed by atoms with Gasteiger partial charge in [0.15, 0.2) is 0 Å². The van der Waals surface area contributed by atoms with E-state index in [2.05, 4.69) is 0 Å². The van der Waals surface area contributed by atoms with Gasteiger partial charge in [-0.1, -0.05) is 11.6 Å². The second-order valence-corrected chi connectivity index (χ2v) is 7.13. The Balaban J connectivity index is 1.88. The van der Waals surface area contributed by atoms with Crippen LogP contribution in [-0.2, 0) is 30.1 Å². The van der Waals surface area contributed by atoms with Gasteiger partial charge in [-0.25, -0.2) is 13.7 Å². The van der Waals surface area contributed by atoms with Crippen LogP contribution in [0.2, 0.25) is 5.02 Å². The zero-order chi connectivity index (χ0) is 18.4. The van der Waals surface area contributed by atoms with Crippen LogP contribution in [0.25, 0.3) is 0 Å². The molecule has 0 amide bonds. The SMILES string of the molecule is NS(=O)c1cc(Cl)c(CN2CCc3cc(C(F)(F)F)ccc32)cc1F. The smallest absolute Gasteiger partial charge is 0.367 e. The maximum atomic E-state index is 14.0. The van der Waals surface area contributed by atoms with Crippen molar-refractivity contribution in [1.29, 1.82) is 0 Å². The summed E-state index contributed by atoms with van der Waals surface area (Å²) in [6.45, 7) is 0.727. The summed E-state index contributed by atoms with van der Waals surface area (Å²) < 4.78 is 63.6. The van der Waals surface area contributed by atoms with Crippen LogP contribution >= 0.6 is 11.6 Å². The molecule has 0 fully saturated rings. The first-order valence-corrected chi connectivity index (χ1v) is 8.85. The fraction of sp³-hybridized carbons (Fsp3) is 0.250. The number of nitrogens with zero attached hydrogens (tertiary/aromatic N) is 1. The van der Waals surface area contributed by atoms with Crippen molar-refractivity contribution in [2.45, 2.75) is 24.0 Å². The molecule has 3 nitrogen and oxygen atoms in total. The van der Waals surface area contributed by atoms with Gasteiger partial charge >= 0.3 is 6.18 Å². The molecule has 1 atom stereocenters. The first-order chi connectivity index (χ1) is 11.7. The predicted molar refractivity (Wildman–Crippen MR) is 88.2 cm³/mol. The number of hydrogen-bond acceptors (Lipinski definition) is 2. The lowest BCUT2D eigenvalue weighted by molar-refractivity contribution is -0.137. The lowest BCUT2D eigenvalue weighted by Crippen LogP contribution is -2.20. The Kier molecular flexibility index (Phi) is 4.78. The van der Waals surface area contributed by atoms with E-state index in [1.54, 1.807) is 0 Å². The molecule has 0 spiro atoms. The molecule has 1 aliphatic heterocycles. The van der Waals surface area contributed by atoms with Crippen LogP contribution in [0.5, 0.6) is 0 Å². The van der Waals surface area contributed by atoms with Gasteiger partial charge in [0, 0.05) is 23.8 Å². The Bertz CT molecular complexity index is 857. The van der Waals surface area contributed by atoms with Crippen molar-refractivity contribution in [2.75, 3.05) is 11.4 Å². The molecule has 1 aliphatic rings. The fourth-order valence-electron chi connectivity index (χ4n) is 2.86. The quantitative estimate of drug-likeness (QED) is 0.801. The molecule has 1 heterocycles. The number of anilines is 1. The first-order valence-electron chi connectivity index (χ1n) is 7.26. The molecule has 25 heavy (non-hydrogen) atoms. The Labute approximate surface area is 149 Å². The zero-order valence-corrected chi connectivity index (χ0v) is 14.3. The summed E-state index contributed by atoms with van der Waals surface area (Å²) in [4.78, 5) is 1.64. The van der Waals surface area contributed by atoms with Crippen LogP contribution in [0.15, 0.2) is 35.2 Å². The number of rotatable bonds is 3. The monoisotopic (exact) mass is 392 g/mol. The number of fused-ring (bicyclic) bond motifs is 1. The minimum atomic E-state index is -4.39. The molecule has 134 valence electrons. The van der Waals surface area contributed by atoms with Crippen LogP contribution in [-0.4, -0.2) is 10.8 Å². The van der Waals surface area contributed by atoms with Gasteiger partial charge in [-0.15, -0.1) is 0 Å². The molecule has 2 N–H and O–H groups in total. The Morgan fingerprint density at radius 2 is 1.96 bits per heavy atom. The molecule has 0 aromatic heterocycles. The number of nitrogens with two attached hydrogens (primary N) is 1. The average Bonchev–Trinajstić information content (AvgIpc) is 2.92. The standard InChI is InChI=1S/C16H13ClF4N2OS/c17-12-7-15(25(22)24)13(18)6-10(12)8-23-4-3-9-5-11(16(19,20)21)1-2-14(9)23/h1-2,5-7H,3-4,8,22H2. The van der Waals surface area contributed by atoms with E-state index in [0.29, 0.717) is 29.8 Å². The van der Waals surface area contributed by atoms with E-state index in [9.17, 15) is 21.8 Å². The Morgan fingerprint density at radius 3 is 2.60 bits per heavy atom. The maximum Gasteiger partial charge on any atom is 0.416 e. The van der Waals surface area contributed by atoms with Crippen LogP contribution in [0.3, 0.4) is 0 Å². The zero-order valence-electron chi connectivity index (χ0n) is 12.7. The molecule has 2 aromatic carbocycles. The highest BCUT2D eigenvalue weighted by atomic mass is 35.5. The summed E-state index contributed by atoms with van der Waals surface area (Å²) in [7, 11) is -1.99. The second-order valence-electron chi connectivity index (χ2n) is 5.68. The summed E-state index contributed by atoms with van der Waals surface area (Å²) in [6.07, 6.45) is -3.92. The minimum Gasteiger partial charge on any atom is -0.367 e. The molecular formula is C16H13ClF4N2OS. The second kappa shape index (κ2) is 6.59. The highest BCUT2D eigenvalue weighted by Crippen LogP contribution is 2.36. The normalized spacial score (nSPS) is 15.4. The van der Waals surface area contributed by atoms with Gasteiger partial charge in [-0.3, -0.25) is 0 Å². The molecule has 3 rings (SSSR count). The molecule has 0 saturated heterocycles. The third-order valence-electron chi connectivity index (χ3n) is 4.08. The van der Waals surface area contributed by atoms with Gasteiger partial charge < -0.3 is 4.90 Å². The number of hydrogen-bond donors (Lipinski definition) is 1. The van der Waals surface area contributed by atoms with Crippen molar-refractivity contribution in [3.05, 3.63) is 57.9 Å². The van der Waals surface area contributed by atoms with Crippen LogP contribution in [0.1, 0.15) is 16.7 Å². The summed E-state index contributed by atoms with van der Waals surface area (Å²) in [6, 6.07) is 5.95. The Morgan fingerprint density at radius 1 is 1.24 bits per heavy atom. The van der Waals surface area contributed by atoms with Crippen molar-refractivity contribution in [1.82, 2.24) is 0 Å². The highest BCUT2D eigenvalue weighted by Gasteiger charge is 2.32. The van der Waals surface area contributed by atoms with Gasteiger partial charge in [0.05, 0.1) is 10.5 Å². The summed E-state index contributed by atoms with van der Waals surface area (Å²) in [5.74, 6) is -0.730. The first kappa shape index (κ1) is 18.2. The number of halogens is 5. The lowest BCUT2D eigenvalue weighted by atomic mass is 10.1. The van der Waals surface area contributed by atoms with E-state index < -0.39 is 28.5 Å². The molecule has 0 radical (unpaired) electrons. The van der Waals surface area contributed by atoms with E-state index in [1.807, 2.05) is 4.90 Å².